The molecule has 0 unspecified atom stereocenters. The van der Waals surface area contributed by atoms with Crippen LogP contribution in [0.2, 0.25) is 0 Å². The molecule has 0 radical (unpaired) electrons. The summed E-state index contributed by atoms with van der Waals surface area (Å²) in [6.07, 6.45) is 0. The summed E-state index contributed by atoms with van der Waals surface area (Å²) in [5.41, 5.74) is 7.85. The Morgan fingerprint density at radius 1 is 1.33 bits per heavy atom. The largest absolute Gasteiger partial charge is 0.389 e. The molecule has 4 N–H and O–H groups in total. The van der Waals surface area contributed by atoms with Crippen molar-refractivity contribution in [2.24, 2.45) is 0 Å². The predicted molar refractivity (Wildman–Crippen MR) is 98.3 cm³/mol. The van der Waals surface area contributed by atoms with Crippen LogP contribution in [0.1, 0.15) is 13.8 Å². The Hall–Kier alpha value is -1.83. The SMILES string of the molecule is CN(C)CCOCCNc1ccc2c(c1)nc(N)n2CC(C)(C)O. The highest BCUT2D eigenvalue weighted by atomic mass is 16.5. The number of hydrogen-bond acceptors (Lipinski definition) is 6. The van der Waals surface area contributed by atoms with E-state index in [1.165, 1.54) is 0 Å². The molecule has 134 valence electrons. The van der Waals surface area contributed by atoms with E-state index in [9.17, 15) is 5.11 Å². The molecule has 0 fully saturated rings. The zero-order chi connectivity index (χ0) is 17.7. The molecule has 0 bridgehead atoms. The third kappa shape index (κ3) is 5.36. The minimum absolute atomic E-state index is 0.405. The first-order chi connectivity index (χ1) is 11.3. The number of rotatable bonds is 9. The molecule has 0 amide bonds. The first kappa shape index (κ1) is 18.5. The van der Waals surface area contributed by atoms with Gasteiger partial charge in [-0.15, -0.1) is 0 Å². The number of imidazole rings is 1. The third-order valence-corrected chi connectivity index (χ3v) is 3.58. The van der Waals surface area contributed by atoms with Gasteiger partial charge in [0.25, 0.3) is 0 Å². The van der Waals surface area contributed by atoms with Crippen LogP contribution in [0.15, 0.2) is 18.2 Å². The minimum Gasteiger partial charge on any atom is -0.389 e. The fourth-order valence-corrected chi connectivity index (χ4v) is 2.43. The Balaban J connectivity index is 1.94. The monoisotopic (exact) mass is 335 g/mol. The quantitative estimate of drug-likeness (QED) is 0.600. The summed E-state index contributed by atoms with van der Waals surface area (Å²) in [7, 11) is 4.05. The van der Waals surface area contributed by atoms with Crippen molar-refractivity contribution >= 4 is 22.7 Å². The van der Waals surface area contributed by atoms with Gasteiger partial charge in [-0.25, -0.2) is 4.98 Å². The number of fused-ring (bicyclic) bond motifs is 1. The first-order valence-corrected chi connectivity index (χ1v) is 8.21. The van der Waals surface area contributed by atoms with E-state index in [0.29, 0.717) is 19.1 Å². The number of hydrogen-bond donors (Lipinski definition) is 3. The van der Waals surface area contributed by atoms with E-state index in [1.54, 1.807) is 13.8 Å². The van der Waals surface area contributed by atoms with Gasteiger partial charge in [0.15, 0.2) is 0 Å². The molecule has 1 heterocycles. The average molecular weight is 335 g/mol. The Morgan fingerprint density at radius 2 is 2.08 bits per heavy atom. The third-order valence-electron chi connectivity index (χ3n) is 3.58. The maximum Gasteiger partial charge on any atom is 0.201 e. The van der Waals surface area contributed by atoms with Gasteiger partial charge >= 0.3 is 0 Å². The summed E-state index contributed by atoms with van der Waals surface area (Å²) in [5.74, 6) is 0.413. The Bertz CT molecular complexity index is 661. The van der Waals surface area contributed by atoms with Crippen LogP contribution in [-0.4, -0.2) is 65.6 Å². The Morgan fingerprint density at radius 3 is 2.75 bits per heavy atom. The van der Waals surface area contributed by atoms with E-state index in [2.05, 4.69) is 15.2 Å². The second kappa shape index (κ2) is 7.83. The first-order valence-electron chi connectivity index (χ1n) is 8.21. The highest BCUT2D eigenvalue weighted by molar-refractivity contribution is 5.82. The number of benzene rings is 1. The molecule has 0 aliphatic carbocycles. The van der Waals surface area contributed by atoms with Gasteiger partial charge in [0, 0.05) is 18.8 Å². The van der Waals surface area contributed by atoms with Crippen LogP contribution in [0.4, 0.5) is 11.6 Å². The van der Waals surface area contributed by atoms with Crippen LogP contribution in [0, 0.1) is 0 Å². The van der Waals surface area contributed by atoms with Gasteiger partial charge in [-0.1, -0.05) is 0 Å². The summed E-state index contributed by atoms with van der Waals surface area (Å²) >= 11 is 0. The van der Waals surface area contributed by atoms with Gasteiger partial charge in [-0.3, -0.25) is 0 Å². The van der Waals surface area contributed by atoms with Crippen molar-refractivity contribution in [3.63, 3.8) is 0 Å². The van der Waals surface area contributed by atoms with Crippen LogP contribution in [0.5, 0.6) is 0 Å². The van der Waals surface area contributed by atoms with Crippen molar-refractivity contribution in [1.82, 2.24) is 14.5 Å². The predicted octanol–water partition coefficient (Wildman–Crippen LogP) is 1.38. The maximum atomic E-state index is 10.0. The molecule has 0 atom stereocenters. The second-order valence-electron chi connectivity index (χ2n) is 6.91. The number of nitrogens with one attached hydrogen (secondary N) is 1. The van der Waals surface area contributed by atoms with E-state index in [0.717, 1.165) is 36.4 Å². The van der Waals surface area contributed by atoms with E-state index in [4.69, 9.17) is 10.5 Å². The maximum absolute atomic E-state index is 10.0. The molecule has 2 rings (SSSR count). The number of nitrogens with two attached hydrogens (primary N) is 1. The highest BCUT2D eigenvalue weighted by Gasteiger charge is 2.18. The summed E-state index contributed by atoms with van der Waals surface area (Å²) in [6, 6.07) is 5.93. The molecule has 0 saturated heterocycles. The van der Waals surface area contributed by atoms with Crippen LogP contribution in [0.25, 0.3) is 11.0 Å². The average Bonchev–Trinajstić information content (AvgIpc) is 2.76. The molecule has 2 aromatic rings. The topological polar surface area (TPSA) is 88.6 Å². The number of nitrogens with zero attached hydrogens (tertiary/aromatic N) is 3. The molecule has 1 aromatic carbocycles. The number of anilines is 2. The van der Waals surface area contributed by atoms with Crippen LogP contribution >= 0.6 is 0 Å². The van der Waals surface area contributed by atoms with E-state index in [-0.39, 0.29) is 0 Å². The smallest absolute Gasteiger partial charge is 0.201 e. The molecular formula is C17H29N5O2. The molecule has 0 aliphatic heterocycles. The van der Waals surface area contributed by atoms with E-state index >= 15 is 0 Å². The number of aliphatic hydroxyl groups is 1. The van der Waals surface area contributed by atoms with Crippen LogP contribution in [-0.2, 0) is 11.3 Å². The lowest BCUT2D eigenvalue weighted by molar-refractivity contribution is 0.0633. The number of ether oxygens (including phenoxy) is 1. The molecule has 0 saturated carbocycles. The fraction of sp³-hybridized carbons (Fsp3) is 0.588. The number of nitrogen functional groups attached to an aromatic ring is 1. The van der Waals surface area contributed by atoms with Gasteiger partial charge in [-0.2, -0.15) is 0 Å². The van der Waals surface area contributed by atoms with E-state index in [1.807, 2.05) is 36.9 Å². The highest BCUT2D eigenvalue weighted by Crippen LogP contribution is 2.23. The van der Waals surface area contributed by atoms with Gasteiger partial charge < -0.3 is 30.4 Å². The van der Waals surface area contributed by atoms with Gasteiger partial charge in [0.2, 0.25) is 5.95 Å². The normalized spacial score (nSPS) is 12.2. The summed E-state index contributed by atoms with van der Waals surface area (Å²) in [4.78, 5) is 6.48. The van der Waals surface area contributed by atoms with E-state index < -0.39 is 5.60 Å². The molecule has 24 heavy (non-hydrogen) atoms. The number of likely N-dealkylation sites (N-methyl/N-ethyl adjacent to an activating group) is 1. The molecule has 7 heteroatoms. The summed E-state index contributed by atoms with van der Waals surface area (Å²) in [6.45, 7) is 6.95. The molecule has 7 nitrogen and oxygen atoms in total. The molecule has 0 aliphatic rings. The van der Waals surface area contributed by atoms with Crippen molar-refractivity contribution in [2.45, 2.75) is 26.0 Å². The van der Waals surface area contributed by atoms with Crippen LogP contribution in [0.3, 0.4) is 0 Å². The zero-order valence-electron chi connectivity index (χ0n) is 15.0. The van der Waals surface area contributed by atoms with Crippen molar-refractivity contribution in [2.75, 3.05) is 51.4 Å². The summed E-state index contributed by atoms with van der Waals surface area (Å²) < 4.78 is 7.40. The lowest BCUT2D eigenvalue weighted by Gasteiger charge is -2.19. The molecular weight excluding hydrogens is 306 g/mol. The van der Waals surface area contributed by atoms with Crippen LogP contribution < -0.4 is 11.1 Å². The van der Waals surface area contributed by atoms with Crippen molar-refractivity contribution in [1.29, 1.82) is 0 Å². The summed E-state index contributed by atoms with van der Waals surface area (Å²) in [5, 5.41) is 13.3. The lowest BCUT2D eigenvalue weighted by Crippen LogP contribution is -2.26. The Labute approximate surface area is 143 Å². The van der Waals surface area contributed by atoms with Crippen molar-refractivity contribution in [3.8, 4) is 0 Å². The lowest BCUT2D eigenvalue weighted by atomic mass is 10.1. The van der Waals surface area contributed by atoms with Crippen molar-refractivity contribution in [3.05, 3.63) is 18.2 Å². The standard InChI is InChI=1S/C17H29N5O2/c1-17(2,23)12-22-15-6-5-13(11-14(15)20-16(22)18)19-7-9-24-10-8-21(3)4/h5-6,11,19,23H,7-10,12H2,1-4H3,(H2,18,20). The van der Waals surface area contributed by atoms with Gasteiger partial charge in [0.1, 0.15) is 0 Å². The number of aromatic nitrogens is 2. The fourth-order valence-electron chi connectivity index (χ4n) is 2.43. The molecule has 1 aromatic heterocycles. The Kier molecular flexibility index (Phi) is 6.04. The van der Waals surface area contributed by atoms with Gasteiger partial charge in [0.05, 0.1) is 36.4 Å². The minimum atomic E-state index is -0.845. The second-order valence-corrected chi connectivity index (χ2v) is 6.91. The molecule has 0 spiro atoms. The van der Waals surface area contributed by atoms with Gasteiger partial charge in [-0.05, 0) is 46.1 Å². The van der Waals surface area contributed by atoms with Crippen molar-refractivity contribution < 1.29 is 9.84 Å². The zero-order valence-corrected chi connectivity index (χ0v) is 15.0.